The molecule has 6 heteroatoms. The second-order valence-corrected chi connectivity index (χ2v) is 6.26. The second kappa shape index (κ2) is 5.16. The Morgan fingerprint density at radius 3 is 1.36 bits per heavy atom. The summed E-state index contributed by atoms with van der Waals surface area (Å²) in [6.07, 6.45) is 0. The predicted molar refractivity (Wildman–Crippen MR) is 58.7 cm³/mol. The number of hydrogen-bond acceptors (Lipinski definition) is 4. The molecule has 0 aromatic heterocycles. The Labute approximate surface area is 88.1 Å². The zero-order valence-corrected chi connectivity index (χ0v) is 9.64. The molecule has 2 fully saturated rings. The van der Waals surface area contributed by atoms with Gasteiger partial charge in [-0.05, 0) is 0 Å². The Kier molecular flexibility index (Phi) is 4.70. The topological polar surface area (TPSA) is 36.9 Å². The monoisotopic (exact) mass is 240 g/mol. The summed E-state index contributed by atoms with van der Waals surface area (Å²) in [4.78, 5) is 0. The zero-order chi connectivity index (χ0) is 9.31. The van der Waals surface area contributed by atoms with E-state index in [9.17, 15) is 0 Å². The first-order valence-electron chi connectivity index (χ1n) is 4.19. The van der Waals surface area contributed by atoms with E-state index >= 15 is 0 Å². The molecule has 0 radical (unpaired) electrons. The fraction of sp³-hybridized carbons (Fsp3) is 1.00. The van der Waals surface area contributed by atoms with Gasteiger partial charge in [0, 0.05) is 13.3 Å². The van der Waals surface area contributed by atoms with E-state index in [2.05, 4.69) is 0 Å². The van der Waals surface area contributed by atoms with Gasteiger partial charge in [-0.3, -0.25) is 0 Å². The van der Waals surface area contributed by atoms with Crippen molar-refractivity contribution in [2.75, 3.05) is 39.8 Å². The van der Waals surface area contributed by atoms with Crippen LogP contribution in [0.1, 0.15) is 7.43 Å². The van der Waals surface area contributed by atoms with Gasteiger partial charge in [0.2, 0.25) is 0 Å². The highest BCUT2D eigenvalue weighted by Gasteiger charge is 2.40. The van der Waals surface area contributed by atoms with Gasteiger partial charge in [-0.1, -0.05) is 7.43 Å². The summed E-state index contributed by atoms with van der Waals surface area (Å²) in [7, 11) is -1.32. The Morgan fingerprint density at radius 2 is 1.07 bits per heavy atom. The molecule has 14 heavy (non-hydrogen) atoms. The van der Waals surface area contributed by atoms with Crippen LogP contribution < -0.4 is 0 Å². The van der Waals surface area contributed by atoms with E-state index in [4.69, 9.17) is 18.1 Å². The minimum atomic E-state index is -0.659. The fourth-order valence-corrected chi connectivity index (χ4v) is 3.21. The maximum absolute atomic E-state index is 5.50. The zero-order valence-electron chi connectivity index (χ0n) is 7.86. The summed E-state index contributed by atoms with van der Waals surface area (Å²) < 4.78 is 22.0. The third-order valence-corrected chi connectivity index (χ3v) is 4.18. The molecular weight excluding hydrogens is 222 g/mol. The van der Waals surface area contributed by atoms with Crippen molar-refractivity contribution < 1.29 is 18.1 Å². The van der Waals surface area contributed by atoms with Gasteiger partial charge in [0.1, 0.15) is 0 Å². The Bertz CT molecular complexity index is 151. The lowest BCUT2D eigenvalue weighted by atomic mass is 9.93. The number of rotatable bonds is 0. The third-order valence-electron chi connectivity index (χ3n) is 2.21. The summed E-state index contributed by atoms with van der Waals surface area (Å²) in [6.45, 7) is 6.77. The van der Waals surface area contributed by atoms with Gasteiger partial charge < -0.3 is 18.1 Å². The minimum Gasteiger partial charge on any atom is -0.333 e. The molecule has 0 aromatic rings. The fourth-order valence-electron chi connectivity index (χ4n) is 1.24. The van der Waals surface area contributed by atoms with Crippen molar-refractivity contribution in [1.29, 1.82) is 0 Å². The van der Waals surface area contributed by atoms with E-state index in [1.807, 2.05) is 13.3 Å². The molecule has 0 aliphatic carbocycles. The van der Waals surface area contributed by atoms with E-state index in [-0.39, 0.29) is 12.8 Å². The average Bonchev–Trinajstić information content (AvgIpc) is 2.16. The van der Waals surface area contributed by atoms with Crippen molar-refractivity contribution in [2.45, 2.75) is 7.43 Å². The molecule has 0 amide bonds. The van der Waals surface area contributed by atoms with Crippen LogP contribution in [0.3, 0.4) is 0 Å². The van der Waals surface area contributed by atoms with Gasteiger partial charge in [-0.15, -0.1) is 0 Å². The van der Waals surface area contributed by atoms with Crippen LogP contribution in [0.25, 0.3) is 0 Å². The van der Waals surface area contributed by atoms with E-state index in [0.717, 1.165) is 0 Å². The second-order valence-electron chi connectivity index (χ2n) is 3.47. The molecule has 2 rings (SSSR count). The summed E-state index contributed by atoms with van der Waals surface area (Å²) in [6, 6.07) is 0. The van der Waals surface area contributed by atoms with Gasteiger partial charge >= 0.3 is 0 Å². The van der Waals surface area contributed by atoms with Crippen LogP contribution in [-0.2, 0) is 18.1 Å². The van der Waals surface area contributed by atoms with Crippen LogP contribution in [0.2, 0.25) is 0 Å². The maximum Gasteiger partial charge on any atom is 0.167 e. The van der Waals surface area contributed by atoms with Gasteiger partial charge in [0.15, 0.2) is 16.8 Å². The van der Waals surface area contributed by atoms with Crippen molar-refractivity contribution in [1.82, 2.24) is 0 Å². The molecule has 0 aromatic carbocycles. The molecule has 84 valence electrons. The normalized spacial score (nSPS) is 43.3. The smallest absolute Gasteiger partial charge is 0.167 e. The van der Waals surface area contributed by atoms with Crippen LogP contribution in [0.15, 0.2) is 0 Å². The van der Waals surface area contributed by atoms with Crippen molar-refractivity contribution >= 4 is 16.8 Å². The molecule has 4 nitrogen and oxygen atoms in total. The largest absolute Gasteiger partial charge is 0.333 e. The van der Waals surface area contributed by atoms with Crippen molar-refractivity contribution in [2.24, 2.45) is 5.41 Å². The lowest BCUT2D eigenvalue weighted by Gasteiger charge is -2.41. The Hall–Kier alpha value is 0.700. The quantitative estimate of drug-likeness (QED) is 0.610. The first-order chi connectivity index (χ1) is 6.20. The van der Waals surface area contributed by atoms with Gasteiger partial charge in [0.05, 0.1) is 31.8 Å². The lowest BCUT2D eigenvalue weighted by Crippen LogP contribution is -2.44. The van der Waals surface area contributed by atoms with Crippen LogP contribution >= 0.6 is 16.8 Å². The molecule has 0 bridgehead atoms. The van der Waals surface area contributed by atoms with Crippen molar-refractivity contribution in [3.8, 4) is 0 Å². The van der Waals surface area contributed by atoms with E-state index in [0.29, 0.717) is 26.4 Å². The van der Waals surface area contributed by atoms with Gasteiger partial charge in [0.25, 0.3) is 0 Å². The summed E-state index contributed by atoms with van der Waals surface area (Å²) in [5, 5.41) is 0. The molecular formula is C8H18O4P2. The van der Waals surface area contributed by atoms with Crippen LogP contribution in [0, 0.1) is 5.41 Å². The van der Waals surface area contributed by atoms with E-state index in [1.165, 1.54) is 0 Å². The molecule has 0 saturated carbocycles. The third kappa shape index (κ3) is 2.85. The summed E-state index contributed by atoms with van der Waals surface area (Å²) >= 11 is 0. The Balaban J connectivity index is 0.000000980. The van der Waals surface area contributed by atoms with Gasteiger partial charge in [-0.25, -0.2) is 0 Å². The summed E-state index contributed by atoms with van der Waals surface area (Å²) in [5.74, 6) is 0. The molecule has 2 saturated heterocycles. The first-order valence-corrected chi connectivity index (χ1v) is 7.44. The van der Waals surface area contributed by atoms with E-state index < -0.39 is 16.8 Å². The predicted octanol–water partition coefficient (Wildman–Crippen LogP) is 2.59. The van der Waals surface area contributed by atoms with Crippen LogP contribution in [0.4, 0.5) is 0 Å². The number of hydrogen-bond donors (Lipinski definition) is 0. The van der Waals surface area contributed by atoms with Gasteiger partial charge in [-0.2, -0.15) is 0 Å². The molecule has 2 heterocycles. The lowest BCUT2D eigenvalue weighted by molar-refractivity contribution is -0.0515. The molecule has 2 aliphatic heterocycles. The summed E-state index contributed by atoms with van der Waals surface area (Å²) in [5.41, 5.74) is -0.0380. The van der Waals surface area contributed by atoms with Crippen molar-refractivity contribution in [3.05, 3.63) is 0 Å². The molecule has 2 aliphatic rings. The highest BCUT2D eigenvalue weighted by molar-refractivity contribution is 7.46. The maximum atomic E-state index is 5.50. The standard InChI is InChI=1S/C7H14O4P2.CH4/c1-12-8-3-7(4-9-12)5-10-13(2)11-6-7;/h3-6H2,1-2H3;1H4. The Morgan fingerprint density at radius 1 is 0.786 bits per heavy atom. The van der Waals surface area contributed by atoms with Crippen LogP contribution in [-0.4, -0.2) is 39.8 Å². The molecule has 0 N–H and O–H groups in total. The SMILES string of the molecule is C.CP1OCC2(CO1)COP(C)OC2. The molecule has 0 unspecified atom stereocenters. The highest BCUT2D eigenvalue weighted by Crippen LogP contribution is 2.49. The average molecular weight is 240 g/mol. The van der Waals surface area contributed by atoms with E-state index in [1.54, 1.807) is 0 Å². The minimum absolute atomic E-state index is 0. The van der Waals surface area contributed by atoms with Crippen LogP contribution in [0.5, 0.6) is 0 Å². The van der Waals surface area contributed by atoms with Crippen molar-refractivity contribution in [3.63, 3.8) is 0 Å². The highest BCUT2D eigenvalue weighted by atomic mass is 31.2. The molecule has 0 atom stereocenters. The first kappa shape index (κ1) is 12.8. The molecule has 1 spiro atoms.